The van der Waals surface area contributed by atoms with Crippen molar-refractivity contribution >= 4 is 5.96 Å². The molecular formula is C19H32N4O2. The van der Waals surface area contributed by atoms with Crippen LogP contribution in [-0.4, -0.2) is 71.0 Å². The summed E-state index contributed by atoms with van der Waals surface area (Å²) in [5.74, 6) is 1.93. The van der Waals surface area contributed by atoms with Gasteiger partial charge in [0.25, 0.3) is 0 Å². The van der Waals surface area contributed by atoms with Crippen molar-refractivity contribution in [3.8, 4) is 5.75 Å². The van der Waals surface area contributed by atoms with Crippen molar-refractivity contribution in [1.82, 2.24) is 15.5 Å². The molecule has 0 bridgehead atoms. The molecule has 2 N–H and O–H groups in total. The minimum Gasteiger partial charge on any atom is -0.493 e. The highest BCUT2D eigenvalue weighted by Crippen LogP contribution is 2.25. The maximum Gasteiger partial charge on any atom is 0.191 e. The third-order valence-electron chi connectivity index (χ3n) is 4.23. The maximum atomic E-state index is 5.56. The van der Waals surface area contributed by atoms with Crippen LogP contribution >= 0.6 is 0 Å². The molecule has 0 fully saturated rings. The van der Waals surface area contributed by atoms with E-state index >= 15 is 0 Å². The van der Waals surface area contributed by atoms with Crippen LogP contribution in [-0.2, 0) is 17.6 Å². The molecule has 1 aliphatic heterocycles. The molecule has 2 rings (SSSR count). The molecular weight excluding hydrogens is 316 g/mol. The van der Waals surface area contributed by atoms with E-state index in [9.17, 15) is 0 Å². The molecule has 0 unspecified atom stereocenters. The van der Waals surface area contributed by atoms with Crippen molar-refractivity contribution in [2.24, 2.45) is 4.99 Å². The predicted molar refractivity (Wildman–Crippen MR) is 103 cm³/mol. The summed E-state index contributed by atoms with van der Waals surface area (Å²) in [6.45, 7) is 8.00. The molecule has 6 nitrogen and oxygen atoms in total. The smallest absolute Gasteiger partial charge is 0.191 e. The molecule has 25 heavy (non-hydrogen) atoms. The predicted octanol–water partition coefficient (Wildman–Crippen LogP) is 1.30. The minimum absolute atomic E-state index is 0.754. The Hall–Kier alpha value is -1.79. The van der Waals surface area contributed by atoms with E-state index in [2.05, 4.69) is 52.7 Å². The monoisotopic (exact) mass is 348 g/mol. The fourth-order valence-electron chi connectivity index (χ4n) is 2.75. The number of benzene rings is 1. The van der Waals surface area contributed by atoms with E-state index in [0.29, 0.717) is 0 Å². The lowest BCUT2D eigenvalue weighted by molar-refractivity contribution is 0.163. The molecule has 0 amide bonds. The summed E-state index contributed by atoms with van der Waals surface area (Å²) in [4.78, 5) is 6.87. The van der Waals surface area contributed by atoms with Gasteiger partial charge in [0, 0.05) is 39.7 Å². The van der Waals surface area contributed by atoms with Crippen LogP contribution in [0.15, 0.2) is 23.2 Å². The van der Waals surface area contributed by atoms with Crippen LogP contribution in [0.3, 0.4) is 0 Å². The van der Waals surface area contributed by atoms with Crippen LogP contribution in [0.1, 0.15) is 18.1 Å². The number of rotatable bonds is 10. The van der Waals surface area contributed by atoms with Crippen LogP contribution in [0, 0.1) is 0 Å². The third kappa shape index (κ3) is 6.92. The lowest BCUT2D eigenvalue weighted by Gasteiger charge is -2.15. The van der Waals surface area contributed by atoms with Crippen molar-refractivity contribution < 1.29 is 9.47 Å². The zero-order chi connectivity index (χ0) is 17.9. The molecule has 0 saturated heterocycles. The van der Waals surface area contributed by atoms with Gasteiger partial charge in [-0.2, -0.15) is 0 Å². The maximum absolute atomic E-state index is 5.56. The third-order valence-corrected chi connectivity index (χ3v) is 4.23. The Kier molecular flexibility index (Phi) is 8.55. The Labute approximate surface area is 151 Å². The number of nitrogens with one attached hydrogen (secondary N) is 2. The van der Waals surface area contributed by atoms with Crippen LogP contribution in [0.4, 0.5) is 0 Å². The molecule has 1 aromatic carbocycles. The highest BCUT2D eigenvalue weighted by atomic mass is 16.5. The van der Waals surface area contributed by atoms with Crippen molar-refractivity contribution in [3.63, 3.8) is 0 Å². The average molecular weight is 348 g/mol. The number of hydrogen-bond acceptors (Lipinski definition) is 4. The Morgan fingerprint density at radius 1 is 1.32 bits per heavy atom. The van der Waals surface area contributed by atoms with Crippen molar-refractivity contribution in [2.45, 2.75) is 19.8 Å². The first-order chi connectivity index (χ1) is 12.2. The highest BCUT2D eigenvalue weighted by molar-refractivity contribution is 5.79. The topological polar surface area (TPSA) is 58.1 Å². The fourth-order valence-corrected chi connectivity index (χ4v) is 2.75. The molecule has 0 saturated carbocycles. The van der Waals surface area contributed by atoms with Gasteiger partial charge in [-0.25, -0.2) is 0 Å². The number of hydrogen-bond donors (Lipinski definition) is 2. The second-order valence-corrected chi connectivity index (χ2v) is 6.27. The van der Waals surface area contributed by atoms with E-state index in [-0.39, 0.29) is 0 Å². The number of ether oxygens (including phenoxy) is 2. The van der Waals surface area contributed by atoms with Gasteiger partial charge in [0.2, 0.25) is 0 Å². The number of guanidine groups is 1. The zero-order valence-corrected chi connectivity index (χ0v) is 15.8. The van der Waals surface area contributed by atoms with Crippen molar-refractivity contribution in [1.29, 1.82) is 0 Å². The molecule has 0 radical (unpaired) electrons. The Morgan fingerprint density at radius 2 is 2.20 bits per heavy atom. The van der Waals surface area contributed by atoms with E-state index in [1.165, 1.54) is 11.1 Å². The molecule has 1 heterocycles. The minimum atomic E-state index is 0.754. The first-order valence-corrected chi connectivity index (χ1v) is 9.17. The van der Waals surface area contributed by atoms with Gasteiger partial charge < -0.3 is 25.0 Å². The summed E-state index contributed by atoms with van der Waals surface area (Å²) in [5.41, 5.74) is 2.67. The molecule has 1 aliphatic rings. The summed E-state index contributed by atoms with van der Waals surface area (Å²) >= 11 is 0. The van der Waals surface area contributed by atoms with E-state index in [1.54, 1.807) is 7.11 Å². The van der Waals surface area contributed by atoms with E-state index in [1.807, 2.05) is 0 Å². The van der Waals surface area contributed by atoms with Crippen molar-refractivity contribution in [2.75, 3.05) is 60.1 Å². The molecule has 140 valence electrons. The number of aliphatic imine (C=N–C) groups is 1. The van der Waals surface area contributed by atoms with E-state index < -0.39 is 0 Å². The molecule has 0 aromatic heterocycles. The normalized spacial score (nSPS) is 13.7. The first-order valence-electron chi connectivity index (χ1n) is 9.17. The summed E-state index contributed by atoms with van der Waals surface area (Å²) in [6.07, 6.45) is 2.00. The van der Waals surface area contributed by atoms with Gasteiger partial charge in [-0.1, -0.05) is 12.1 Å². The van der Waals surface area contributed by atoms with E-state index in [4.69, 9.17) is 9.47 Å². The molecule has 0 aliphatic carbocycles. The average Bonchev–Trinajstić information content (AvgIpc) is 3.07. The van der Waals surface area contributed by atoms with Gasteiger partial charge in [0.1, 0.15) is 5.75 Å². The Balaban J connectivity index is 1.74. The standard InChI is InChI=1S/C19H32N4O2/c1-4-20-19(22-10-11-23(2)12-14-24-3)21-9-7-16-5-6-18-17(15-16)8-13-25-18/h5-6,15H,4,7-14H2,1-3H3,(H2,20,21,22). The Bertz CT molecular complexity index is 548. The lowest BCUT2D eigenvalue weighted by Crippen LogP contribution is -2.39. The summed E-state index contributed by atoms with van der Waals surface area (Å²) < 4.78 is 10.7. The van der Waals surface area contributed by atoms with Crippen LogP contribution in [0.5, 0.6) is 5.75 Å². The van der Waals surface area contributed by atoms with Crippen LogP contribution in [0.2, 0.25) is 0 Å². The summed E-state index contributed by atoms with van der Waals surface area (Å²) in [5, 5.41) is 6.72. The van der Waals surface area contributed by atoms with Gasteiger partial charge in [-0.3, -0.25) is 4.99 Å². The molecule has 0 spiro atoms. The number of methoxy groups -OCH3 is 1. The van der Waals surface area contributed by atoms with E-state index in [0.717, 1.165) is 70.5 Å². The number of likely N-dealkylation sites (N-methyl/N-ethyl adjacent to an activating group) is 1. The fraction of sp³-hybridized carbons (Fsp3) is 0.632. The molecule has 1 aromatic rings. The summed E-state index contributed by atoms with van der Waals surface area (Å²) in [6, 6.07) is 6.51. The second kappa shape index (κ2) is 10.9. The zero-order valence-electron chi connectivity index (χ0n) is 15.8. The first kappa shape index (κ1) is 19.5. The number of fused-ring (bicyclic) bond motifs is 1. The summed E-state index contributed by atoms with van der Waals surface area (Å²) in [7, 11) is 3.82. The van der Waals surface area contributed by atoms with Gasteiger partial charge >= 0.3 is 0 Å². The van der Waals surface area contributed by atoms with Crippen LogP contribution < -0.4 is 15.4 Å². The Morgan fingerprint density at radius 3 is 3.00 bits per heavy atom. The lowest BCUT2D eigenvalue weighted by atomic mass is 10.1. The quantitative estimate of drug-likeness (QED) is 0.493. The van der Waals surface area contributed by atoms with Gasteiger partial charge in [-0.15, -0.1) is 0 Å². The van der Waals surface area contributed by atoms with Crippen LogP contribution in [0.25, 0.3) is 0 Å². The number of nitrogens with zero attached hydrogens (tertiary/aromatic N) is 2. The second-order valence-electron chi connectivity index (χ2n) is 6.27. The SMILES string of the molecule is CCNC(=NCCN(C)CCOC)NCCc1ccc2c(c1)CCO2. The van der Waals surface area contributed by atoms with Crippen molar-refractivity contribution in [3.05, 3.63) is 29.3 Å². The highest BCUT2D eigenvalue weighted by Gasteiger charge is 2.11. The molecule has 6 heteroatoms. The molecule has 0 atom stereocenters. The van der Waals surface area contributed by atoms with Gasteiger partial charge in [0.05, 0.1) is 19.8 Å². The largest absolute Gasteiger partial charge is 0.493 e. The van der Waals surface area contributed by atoms with Gasteiger partial charge in [-0.05, 0) is 37.6 Å². The van der Waals surface area contributed by atoms with Gasteiger partial charge in [0.15, 0.2) is 5.96 Å².